The molecule has 1 radical (unpaired) electrons. The molecule has 0 saturated heterocycles. The Morgan fingerprint density at radius 1 is 1.00 bits per heavy atom. The predicted octanol–water partition coefficient (Wildman–Crippen LogP) is 1.38. The first kappa shape index (κ1) is 24.4. The van der Waals surface area contributed by atoms with Crippen LogP contribution in [0.4, 0.5) is 4.79 Å². The predicted molar refractivity (Wildman–Crippen MR) is 120 cm³/mol. The summed E-state index contributed by atoms with van der Waals surface area (Å²) in [7, 11) is 0. The molecule has 0 aliphatic rings. The van der Waals surface area contributed by atoms with E-state index in [1.54, 1.807) is 6.29 Å². The van der Waals surface area contributed by atoms with Crippen LogP contribution in [0.25, 0.3) is 0 Å². The largest absolute Gasteiger partial charge is 0.445 e. The van der Waals surface area contributed by atoms with Gasteiger partial charge in [0.2, 0.25) is 12.2 Å². The van der Waals surface area contributed by atoms with Crippen LogP contribution < -0.4 is 21.7 Å². The molecule has 2 aromatic rings. The minimum Gasteiger partial charge on any atom is -0.445 e. The van der Waals surface area contributed by atoms with Gasteiger partial charge in [-0.1, -0.05) is 60.7 Å². The van der Waals surface area contributed by atoms with Gasteiger partial charge in [0.05, 0.1) is 6.04 Å². The summed E-state index contributed by atoms with van der Waals surface area (Å²) in [5.74, 6) is -0.680. The average molecular weight is 439 g/mol. The Labute approximate surface area is 187 Å². The minimum atomic E-state index is -0.938. The molecule has 169 valence electrons. The molecule has 6 N–H and O–H groups in total. The number of ether oxygens (including phenoxy) is 1. The Hall–Kier alpha value is -3.88. The first-order chi connectivity index (χ1) is 15.5. The zero-order valence-electron chi connectivity index (χ0n) is 17.7. The molecular formula is C23H28N5O4. The summed E-state index contributed by atoms with van der Waals surface area (Å²) in [5.41, 5.74) is 6.88. The van der Waals surface area contributed by atoms with E-state index in [2.05, 4.69) is 16.0 Å². The Kier molecular flexibility index (Phi) is 10.2. The third-order valence-electron chi connectivity index (χ3n) is 4.55. The third kappa shape index (κ3) is 9.29. The molecule has 2 amide bonds. The van der Waals surface area contributed by atoms with E-state index in [9.17, 15) is 14.4 Å². The van der Waals surface area contributed by atoms with E-state index >= 15 is 0 Å². The van der Waals surface area contributed by atoms with Crippen molar-refractivity contribution >= 4 is 24.2 Å². The Bertz CT molecular complexity index is 876. The average Bonchev–Trinajstić information content (AvgIpc) is 2.80. The molecule has 2 aromatic carbocycles. The van der Waals surface area contributed by atoms with E-state index in [1.807, 2.05) is 60.7 Å². The highest BCUT2D eigenvalue weighted by molar-refractivity contribution is 5.87. The van der Waals surface area contributed by atoms with Crippen molar-refractivity contribution < 1.29 is 19.1 Å². The zero-order chi connectivity index (χ0) is 23.2. The number of nitrogens with two attached hydrogens (primary N) is 1. The monoisotopic (exact) mass is 438 g/mol. The Morgan fingerprint density at radius 2 is 1.62 bits per heavy atom. The fourth-order valence-electron chi connectivity index (χ4n) is 2.93. The number of nitrogens with one attached hydrogen (secondary N) is 4. The molecule has 0 aliphatic heterocycles. The smallest absolute Gasteiger partial charge is 0.408 e. The van der Waals surface area contributed by atoms with Crippen LogP contribution in [0, 0.1) is 5.41 Å². The summed E-state index contributed by atoms with van der Waals surface area (Å²) >= 11 is 0. The molecule has 0 spiro atoms. The topological polar surface area (TPSA) is 146 Å². The number of hydrogen-bond donors (Lipinski definition) is 5. The number of amides is 2. The van der Waals surface area contributed by atoms with Crippen LogP contribution in [0.15, 0.2) is 60.7 Å². The SMILES string of the molecule is N=C(N)NCCCC([C]=O)NC(=O)C(Cc1ccccc1)NC(=O)OCc1ccccc1. The van der Waals surface area contributed by atoms with Crippen molar-refractivity contribution in [1.29, 1.82) is 5.41 Å². The van der Waals surface area contributed by atoms with Gasteiger partial charge in [0, 0.05) is 13.0 Å². The highest BCUT2D eigenvalue weighted by atomic mass is 16.5. The van der Waals surface area contributed by atoms with E-state index in [4.69, 9.17) is 15.9 Å². The quantitative estimate of drug-likeness (QED) is 0.192. The van der Waals surface area contributed by atoms with Crippen molar-refractivity contribution in [2.75, 3.05) is 6.54 Å². The van der Waals surface area contributed by atoms with E-state index < -0.39 is 24.1 Å². The molecule has 2 unspecified atom stereocenters. The molecule has 9 nitrogen and oxygen atoms in total. The number of alkyl carbamates (subject to hydrolysis) is 1. The van der Waals surface area contributed by atoms with Gasteiger partial charge < -0.3 is 26.4 Å². The molecule has 0 bridgehead atoms. The van der Waals surface area contributed by atoms with E-state index in [-0.39, 0.29) is 19.0 Å². The third-order valence-corrected chi connectivity index (χ3v) is 4.55. The fourth-order valence-corrected chi connectivity index (χ4v) is 2.93. The second-order valence-corrected chi connectivity index (χ2v) is 7.11. The van der Waals surface area contributed by atoms with Gasteiger partial charge in [-0.3, -0.25) is 15.0 Å². The van der Waals surface area contributed by atoms with Gasteiger partial charge >= 0.3 is 6.09 Å². The van der Waals surface area contributed by atoms with Gasteiger partial charge in [-0.05, 0) is 24.0 Å². The lowest BCUT2D eigenvalue weighted by atomic mass is 10.0. The second kappa shape index (κ2) is 13.4. The Morgan fingerprint density at radius 3 is 2.22 bits per heavy atom. The molecule has 9 heteroatoms. The van der Waals surface area contributed by atoms with Crippen LogP contribution >= 0.6 is 0 Å². The van der Waals surface area contributed by atoms with Gasteiger partial charge in [-0.15, -0.1) is 0 Å². The lowest BCUT2D eigenvalue weighted by molar-refractivity contribution is -0.123. The number of carbonyl (C=O) groups is 2. The van der Waals surface area contributed by atoms with Crippen LogP contribution in [0.3, 0.4) is 0 Å². The van der Waals surface area contributed by atoms with Crippen molar-refractivity contribution in [3.8, 4) is 0 Å². The van der Waals surface area contributed by atoms with Crippen LogP contribution in [0.2, 0.25) is 0 Å². The maximum atomic E-state index is 12.8. The van der Waals surface area contributed by atoms with Gasteiger partial charge in [-0.2, -0.15) is 0 Å². The normalized spacial score (nSPS) is 12.1. The zero-order valence-corrected chi connectivity index (χ0v) is 17.7. The van der Waals surface area contributed by atoms with Crippen molar-refractivity contribution in [3.05, 3.63) is 71.8 Å². The summed E-state index contributed by atoms with van der Waals surface area (Å²) in [6, 6.07) is 16.6. The standard InChI is InChI=1S/C23H28N5O4/c24-22(25)26-13-7-12-19(15-29)27-21(30)20(14-17-8-3-1-4-9-17)28-23(31)32-16-18-10-5-2-6-11-18/h1-6,8-11,19-20H,7,12-14,16H2,(H,27,30)(H,28,31)(H4,24,25,26). The molecule has 0 aliphatic carbocycles. The summed E-state index contributed by atoms with van der Waals surface area (Å²) in [6.45, 7) is 0.459. The second-order valence-electron chi connectivity index (χ2n) is 7.11. The van der Waals surface area contributed by atoms with Crippen molar-refractivity contribution in [3.63, 3.8) is 0 Å². The minimum absolute atomic E-state index is 0.0697. The molecule has 0 aromatic heterocycles. The van der Waals surface area contributed by atoms with Crippen LogP contribution in [-0.4, -0.2) is 42.9 Å². The summed E-state index contributed by atoms with van der Waals surface area (Å²) in [4.78, 5) is 36.5. The summed E-state index contributed by atoms with van der Waals surface area (Å²) in [6.07, 6.45) is 2.10. The highest BCUT2D eigenvalue weighted by Crippen LogP contribution is 2.06. The molecule has 2 atom stereocenters. The number of hydrogen-bond acceptors (Lipinski definition) is 5. The lowest BCUT2D eigenvalue weighted by Gasteiger charge is -2.21. The molecule has 0 fully saturated rings. The van der Waals surface area contributed by atoms with Crippen LogP contribution in [-0.2, 0) is 27.4 Å². The number of carbonyl (C=O) groups excluding carboxylic acids is 3. The molecular weight excluding hydrogens is 410 g/mol. The first-order valence-corrected chi connectivity index (χ1v) is 10.2. The van der Waals surface area contributed by atoms with E-state index in [0.717, 1.165) is 11.1 Å². The number of guanidine groups is 1. The highest BCUT2D eigenvalue weighted by Gasteiger charge is 2.24. The molecule has 32 heavy (non-hydrogen) atoms. The van der Waals surface area contributed by atoms with Gasteiger partial charge in [-0.25, -0.2) is 4.79 Å². The van der Waals surface area contributed by atoms with Crippen LogP contribution in [0.1, 0.15) is 24.0 Å². The van der Waals surface area contributed by atoms with Crippen molar-refractivity contribution in [2.24, 2.45) is 5.73 Å². The number of rotatable bonds is 12. The van der Waals surface area contributed by atoms with E-state index in [0.29, 0.717) is 19.4 Å². The van der Waals surface area contributed by atoms with Crippen LogP contribution in [0.5, 0.6) is 0 Å². The molecule has 2 rings (SSSR count). The van der Waals surface area contributed by atoms with Gasteiger partial charge in [0.25, 0.3) is 0 Å². The molecule has 0 heterocycles. The molecule has 0 saturated carbocycles. The number of benzene rings is 2. The maximum absolute atomic E-state index is 12.8. The fraction of sp³-hybridized carbons (Fsp3) is 0.304. The lowest BCUT2D eigenvalue weighted by Crippen LogP contribution is -2.51. The van der Waals surface area contributed by atoms with Crippen molar-refractivity contribution in [2.45, 2.75) is 38.0 Å². The van der Waals surface area contributed by atoms with Gasteiger partial charge in [0.15, 0.2) is 5.96 Å². The maximum Gasteiger partial charge on any atom is 0.408 e. The Balaban J connectivity index is 1.96. The summed E-state index contributed by atoms with van der Waals surface area (Å²) in [5, 5.41) is 15.0. The van der Waals surface area contributed by atoms with Gasteiger partial charge in [0.1, 0.15) is 12.6 Å². The first-order valence-electron chi connectivity index (χ1n) is 10.2. The van der Waals surface area contributed by atoms with E-state index in [1.165, 1.54) is 0 Å². The van der Waals surface area contributed by atoms with Crippen molar-refractivity contribution in [1.82, 2.24) is 16.0 Å². The summed E-state index contributed by atoms with van der Waals surface area (Å²) < 4.78 is 5.23.